The minimum absolute atomic E-state index is 0.520. The van der Waals surface area contributed by atoms with Crippen LogP contribution in [0.2, 0.25) is 0 Å². The van der Waals surface area contributed by atoms with E-state index in [2.05, 4.69) is 0 Å². The molecule has 0 aliphatic heterocycles. The van der Waals surface area contributed by atoms with Gasteiger partial charge < -0.3 is 5.11 Å². The van der Waals surface area contributed by atoms with Gasteiger partial charge in [0.05, 0.1) is 0 Å². The summed E-state index contributed by atoms with van der Waals surface area (Å²) in [5, 5.41) is 9.01. The van der Waals surface area contributed by atoms with Crippen molar-refractivity contribution in [2.75, 3.05) is 0 Å². The highest BCUT2D eigenvalue weighted by atomic mass is 32.2. The Morgan fingerprint density at radius 1 is 1.50 bits per heavy atom. The Morgan fingerprint density at radius 2 is 2.21 bits per heavy atom. The number of thioether (sulfide) groups is 1. The van der Waals surface area contributed by atoms with Crippen molar-refractivity contribution < 1.29 is 9.90 Å². The number of carbonyl (C=O) groups is 1. The van der Waals surface area contributed by atoms with Crippen LogP contribution in [0, 0.1) is 6.92 Å². The minimum Gasteiger partial charge on any atom is -0.480 e. The molecule has 0 radical (unpaired) electrons. The predicted octanol–water partition coefficient (Wildman–Crippen LogP) is 2.70. The molecule has 0 atom stereocenters. The van der Waals surface area contributed by atoms with Crippen LogP contribution in [-0.2, 0) is 4.79 Å². The van der Waals surface area contributed by atoms with Gasteiger partial charge in [-0.15, -0.1) is 11.8 Å². The monoisotopic (exact) mass is 208 g/mol. The maximum absolute atomic E-state index is 11.0. The Hall–Kier alpha value is -0.960. The first-order valence-electron chi connectivity index (χ1n) is 4.61. The largest absolute Gasteiger partial charge is 0.480 e. The van der Waals surface area contributed by atoms with Crippen LogP contribution in [0.15, 0.2) is 29.2 Å². The highest BCUT2D eigenvalue weighted by molar-refractivity contribution is 8.01. The van der Waals surface area contributed by atoms with E-state index in [1.807, 2.05) is 31.2 Å². The fraction of sp³-hybridized carbons (Fsp3) is 0.364. The predicted molar refractivity (Wildman–Crippen MR) is 56.6 cm³/mol. The summed E-state index contributed by atoms with van der Waals surface area (Å²) >= 11 is 1.48. The lowest BCUT2D eigenvalue weighted by Crippen LogP contribution is -2.17. The lowest BCUT2D eigenvalue weighted by atomic mass is 10.2. The number of rotatable bonds is 3. The zero-order valence-corrected chi connectivity index (χ0v) is 8.80. The van der Waals surface area contributed by atoms with Gasteiger partial charge in [0.2, 0.25) is 0 Å². The summed E-state index contributed by atoms with van der Waals surface area (Å²) in [6.07, 6.45) is 1.59. The quantitative estimate of drug-likeness (QED) is 0.829. The summed E-state index contributed by atoms with van der Waals surface area (Å²) in [7, 11) is 0. The van der Waals surface area contributed by atoms with Gasteiger partial charge >= 0.3 is 5.97 Å². The first kappa shape index (κ1) is 9.59. The fourth-order valence-corrected chi connectivity index (χ4v) is 2.61. The fourth-order valence-electron chi connectivity index (χ4n) is 1.38. The Morgan fingerprint density at radius 3 is 2.71 bits per heavy atom. The average molecular weight is 208 g/mol. The van der Waals surface area contributed by atoms with Gasteiger partial charge in [0.15, 0.2) is 0 Å². The molecule has 0 spiro atoms. The molecule has 3 heteroatoms. The lowest BCUT2D eigenvalue weighted by Gasteiger charge is -2.09. The molecule has 1 aliphatic rings. The van der Waals surface area contributed by atoms with E-state index in [9.17, 15) is 4.79 Å². The van der Waals surface area contributed by atoms with Gasteiger partial charge in [-0.05, 0) is 31.9 Å². The molecule has 0 saturated heterocycles. The smallest absolute Gasteiger partial charge is 0.320 e. The molecule has 2 nitrogen and oxygen atoms in total. The normalized spacial score (nSPS) is 17.8. The van der Waals surface area contributed by atoms with E-state index in [-0.39, 0.29) is 0 Å². The van der Waals surface area contributed by atoms with Gasteiger partial charge in [-0.3, -0.25) is 4.79 Å². The lowest BCUT2D eigenvalue weighted by molar-refractivity contribution is -0.137. The van der Waals surface area contributed by atoms with Crippen LogP contribution >= 0.6 is 11.8 Å². The summed E-state index contributed by atoms with van der Waals surface area (Å²) in [6, 6.07) is 7.99. The summed E-state index contributed by atoms with van der Waals surface area (Å²) in [6.45, 7) is 2.02. The third-order valence-electron chi connectivity index (χ3n) is 2.40. The topological polar surface area (TPSA) is 37.3 Å². The zero-order chi connectivity index (χ0) is 10.2. The first-order valence-corrected chi connectivity index (χ1v) is 5.43. The summed E-state index contributed by atoms with van der Waals surface area (Å²) in [4.78, 5) is 12.0. The standard InChI is InChI=1S/C11H12O2S/c1-8-3-2-4-9(7-8)14-11(5-6-11)10(12)13/h2-4,7H,5-6H2,1H3,(H,12,13). The molecule has 0 amide bonds. The number of carboxylic acids is 1. The molecule has 1 N–H and O–H groups in total. The minimum atomic E-state index is -0.677. The zero-order valence-electron chi connectivity index (χ0n) is 7.99. The van der Waals surface area contributed by atoms with Crippen LogP contribution in [-0.4, -0.2) is 15.8 Å². The van der Waals surface area contributed by atoms with E-state index < -0.39 is 10.7 Å². The van der Waals surface area contributed by atoms with Crippen molar-refractivity contribution >= 4 is 17.7 Å². The third-order valence-corrected chi connectivity index (χ3v) is 3.86. The van der Waals surface area contributed by atoms with Crippen molar-refractivity contribution in [3.8, 4) is 0 Å². The second-order valence-corrected chi connectivity index (χ2v) is 5.18. The van der Waals surface area contributed by atoms with Gasteiger partial charge in [-0.2, -0.15) is 0 Å². The van der Waals surface area contributed by atoms with E-state index in [0.717, 1.165) is 17.7 Å². The molecule has 74 valence electrons. The van der Waals surface area contributed by atoms with E-state index in [1.54, 1.807) is 0 Å². The maximum Gasteiger partial charge on any atom is 0.320 e. The van der Waals surface area contributed by atoms with Crippen molar-refractivity contribution in [2.24, 2.45) is 0 Å². The Labute approximate surface area is 87.3 Å². The molecule has 2 rings (SSSR count). The molecule has 0 bridgehead atoms. The van der Waals surface area contributed by atoms with Crippen LogP contribution in [0.3, 0.4) is 0 Å². The van der Waals surface area contributed by atoms with Crippen LogP contribution in [0.1, 0.15) is 18.4 Å². The average Bonchev–Trinajstić information content (AvgIpc) is 2.85. The van der Waals surface area contributed by atoms with Gasteiger partial charge in [-0.25, -0.2) is 0 Å². The number of carboxylic acid groups (broad SMARTS) is 1. The molecule has 0 aromatic heterocycles. The molecule has 14 heavy (non-hydrogen) atoms. The van der Waals surface area contributed by atoms with Crippen molar-refractivity contribution in [3.63, 3.8) is 0 Å². The van der Waals surface area contributed by atoms with Crippen LogP contribution in [0.4, 0.5) is 0 Å². The first-order chi connectivity index (χ1) is 6.62. The van der Waals surface area contributed by atoms with Crippen LogP contribution in [0.5, 0.6) is 0 Å². The molecule has 0 heterocycles. The van der Waals surface area contributed by atoms with Crippen molar-refractivity contribution in [1.82, 2.24) is 0 Å². The molecule has 0 unspecified atom stereocenters. The Bertz CT molecular complexity index is 369. The van der Waals surface area contributed by atoms with Gasteiger partial charge in [0.25, 0.3) is 0 Å². The second-order valence-electron chi connectivity index (χ2n) is 3.72. The summed E-state index contributed by atoms with van der Waals surface area (Å²) in [5.41, 5.74) is 1.18. The van der Waals surface area contributed by atoms with Crippen molar-refractivity contribution in [2.45, 2.75) is 29.4 Å². The third kappa shape index (κ3) is 1.77. The maximum atomic E-state index is 11.0. The molecular formula is C11H12O2S. The number of hydrogen-bond donors (Lipinski definition) is 1. The SMILES string of the molecule is Cc1cccc(SC2(C(=O)O)CC2)c1. The van der Waals surface area contributed by atoms with Crippen molar-refractivity contribution in [3.05, 3.63) is 29.8 Å². The highest BCUT2D eigenvalue weighted by Crippen LogP contribution is 2.51. The van der Waals surface area contributed by atoms with Crippen LogP contribution in [0.25, 0.3) is 0 Å². The van der Waals surface area contributed by atoms with Crippen LogP contribution < -0.4 is 0 Å². The van der Waals surface area contributed by atoms with E-state index in [0.29, 0.717) is 0 Å². The van der Waals surface area contributed by atoms with E-state index >= 15 is 0 Å². The molecule has 1 fully saturated rings. The highest BCUT2D eigenvalue weighted by Gasteiger charge is 2.51. The summed E-state index contributed by atoms with van der Waals surface area (Å²) in [5.74, 6) is -0.677. The molecule has 1 aromatic rings. The van der Waals surface area contributed by atoms with Crippen molar-refractivity contribution in [1.29, 1.82) is 0 Å². The van der Waals surface area contributed by atoms with Gasteiger partial charge in [0, 0.05) is 4.90 Å². The summed E-state index contributed by atoms with van der Waals surface area (Å²) < 4.78 is -0.520. The molecule has 1 saturated carbocycles. The molecular weight excluding hydrogens is 196 g/mol. The molecule has 1 aliphatic carbocycles. The van der Waals surface area contributed by atoms with Gasteiger partial charge in [0.1, 0.15) is 4.75 Å². The van der Waals surface area contributed by atoms with E-state index in [1.165, 1.54) is 17.3 Å². The number of hydrogen-bond acceptors (Lipinski definition) is 2. The van der Waals surface area contributed by atoms with E-state index in [4.69, 9.17) is 5.11 Å². The second kappa shape index (κ2) is 3.31. The Kier molecular flexibility index (Phi) is 2.27. The number of aryl methyl sites for hydroxylation is 1. The molecule has 1 aromatic carbocycles. The number of aliphatic carboxylic acids is 1. The number of benzene rings is 1. The van der Waals surface area contributed by atoms with Gasteiger partial charge in [-0.1, -0.05) is 17.7 Å². The Balaban J connectivity index is 2.15.